The van der Waals surface area contributed by atoms with Gasteiger partial charge in [-0.25, -0.2) is 0 Å². The second kappa shape index (κ2) is 4.88. The highest BCUT2D eigenvalue weighted by Crippen LogP contribution is 2.32. The fourth-order valence-electron chi connectivity index (χ4n) is 1.57. The van der Waals surface area contributed by atoms with Crippen molar-refractivity contribution in [1.82, 2.24) is 5.32 Å². The van der Waals surface area contributed by atoms with Gasteiger partial charge in [0.15, 0.2) is 0 Å². The molecular formula is C12H21NO3S. The van der Waals surface area contributed by atoms with E-state index in [1.54, 1.807) is 39.5 Å². The van der Waals surface area contributed by atoms with E-state index in [1.165, 1.54) is 0 Å². The van der Waals surface area contributed by atoms with Crippen LogP contribution in [0.3, 0.4) is 0 Å². The van der Waals surface area contributed by atoms with Crippen LogP contribution in [0.25, 0.3) is 0 Å². The highest BCUT2D eigenvalue weighted by molar-refractivity contribution is 7.99. The van der Waals surface area contributed by atoms with Crippen LogP contribution in [0.1, 0.15) is 34.1 Å². The summed E-state index contributed by atoms with van der Waals surface area (Å²) in [5.41, 5.74) is -1.75. The molecule has 1 heterocycles. The van der Waals surface area contributed by atoms with Crippen LogP contribution in [0, 0.1) is 11.3 Å². The molecule has 0 bridgehead atoms. The van der Waals surface area contributed by atoms with Gasteiger partial charge in [-0.2, -0.15) is 11.8 Å². The quantitative estimate of drug-likeness (QED) is 0.807. The Labute approximate surface area is 107 Å². The van der Waals surface area contributed by atoms with Gasteiger partial charge in [0.1, 0.15) is 0 Å². The van der Waals surface area contributed by atoms with E-state index in [9.17, 15) is 14.7 Å². The highest BCUT2D eigenvalue weighted by atomic mass is 32.2. The molecule has 1 amide bonds. The standard InChI is InChI=1S/C12H21NO3S/c1-11(2,10(15)16)12(3,4)13-9(14)8-5-6-17-7-8/h8H,5-7H2,1-4H3,(H,13,14)(H,15,16). The fraction of sp³-hybridized carbons (Fsp3) is 0.833. The van der Waals surface area contributed by atoms with Crippen molar-refractivity contribution in [1.29, 1.82) is 0 Å². The molecule has 0 radical (unpaired) electrons. The van der Waals surface area contributed by atoms with Crippen LogP contribution in [0.4, 0.5) is 0 Å². The lowest BCUT2D eigenvalue weighted by molar-refractivity contribution is -0.152. The van der Waals surface area contributed by atoms with E-state index >= 15 is 0 Å². The van der Waals surface area contributed by atoms with Crippen molar-refractivity contribution in [3.63, 3.8) is 0 Å². The van der Waals surface area contributed by atoms with Crippen LogP contribution < -0.4 is 5.32 Å². The van der Waals surface area contributed by atoms with Crippen LogP contribution in [0.2, 0.25) is 0 Å². The molecule has 0 aliphatic carbocycles. The molecule has 17 heavy (non-hydrogen) atoms. The molecule has 0 aromatic heterocycles. The predicted octanol–water partition coefficient (Wildman–Crippen LogP) is 1.75. The van der Waals surface area contributed by atoms with Gasteiger partial charge in [-0.3, -0.25) is 9.59 Å². The third-order valence-electron chi connectivity index (χ3n) is 3.83. The molecule has 4 nitrogen and oxygen atoms in total. The van der Waals surface area contributed by atoms with E-state index in [1.807, 2.05) is 0 Å². The number of thioether (sulfide) groups is 1. The molecule has 1 unspecified atom stereocenters. The van der Waals surface area contributed by atoms with Crippen LogP contribution in [0.15, 0.2) is 0 Å². The molecule has 2 N–H and O–H groups in total. The molecule has 98 valence electrons. The molecule has 0 spiro atoms. The third-order valence-corrected chi connectivity index (χ3v) is 5.00. The first-order valence-electron chi connectivity index (χ1n) is 5.81. The first kappa shape index (κ1) is 14.4. The molecule has 1 atom stereocenters. The molecule has 0 aromatic carbocycles. The number of carbonyl (C=O) groups is 2. The Kier molecular flexibility index (Phi) is 4.12. The lowest BCUT2D eigenvalue weighted by Crippen LogP contribution is -2.58. The minimum Gasteiger partial charge on any atom is -0.481 e. The number of carboxylic acid groups (broad SMARTS) is 1. The van der Waals surface area contributed by atoms with Crippen LogP contribution >= 0.6 is 11.8 Å². The van der Waals surface area contributed by atoms with Crippen molar-refractivity contribution in [2.75, 3.05) is 11.5 Å². The van der Waals surface area contributed by atoms with Crippen molar-refractivity contribution >= 4 is 23.6 Å². The number of carbonyl (C=O) groups excluding carboxylic acids is 1. The van der Waals surface area contributed by atoms with Gasteiger partial charge >= 0.3 is 5.97 Å². The molecule has 0 saturated carbocycles. The summed E-state index contributed by atoms with van der Waals surface area (Å²) in [4.78, 5) is 23.2. The van der Waals surface area contributed by atoms with Crippen molar-refractivity contribution in [2.24, 2.45) is 11.3 Å². The van der Waals surface area contributed by atoms with E-state index in [2.05, 4.69) is 5.32 Å². The molecule has 1 aliphatic heterocycles. The zero-order valence-electron chi connectivity index (χ0n) is 10.9. The smallest absolute Gasteiger partial charge is 0.311 e. The van der Waals surface area contributed by atoms with Crippen LogP contribution in [-0.2, 0) is 9.59 Å². The molecule has 1 rings (SSSR count). The van der Waals surface area contributed by atoms with E-state index in [0.29, 0.717) is 0 Å². The summed E-state index contributed by atoms with van der Waals surface area (Å²) in [6, 6.07) is 0. The Bertz CT molecular complexity index is 320. The topological polar surface area (TPSA) is 66.4 Å². The van der Waals surface area contributed by atoms with Gasteiger partial charge < -0.3 is 10.4 Å². The number of rotatable bonds is 4. The van der Waals surface area contributed by atoms with Gasteiger partial charge in [-0.15, -0.1) is 0 Å². The maximum Gasteiger partial charge on any atom is 0.311 e. The Balaban J connectivity index is 2.71. The number of hydrogen-bond donors (Lipinski definition) is 2. The predicted molar refractivity (Wildman–Crippen MR) is 69.1 cm³/mol. The second-order valence-corrected chi connectivity index (χ2v) is 6.75. The molecule has 0 aromatic rings. The lowest BCUT2D eigenvalue weighted by atomic mass is 9.74. The molecule has 1 saturated heterocycles. The monoisotopic (exact) mass is 259 g/mol. The number of aliphatic carboxylic acids is 1. The van der Waals surface area contributed by atoms with Gasteiger partial charge in [-0.05, 0) is 39.9 Å². The van der Waals surface area contributed by atoms with Gasteiger partial charge in [-0.1, -0.05) is 0 Å². The van der Waals surface area contributed by atoms with E-state index in [-0.39, 0.29) is 11.8 Å². The zero-order valence-corrected chi connectivity index (χ0v) is 11.7. The average Bonchev–Trinajstić information content (AvgIpc) is 2.68. The van der Waals surface area contributed by atoms with Crippen molar-refractivity contribution in [3.05, 3.63) is 0 Å². The zero-order chi connectivity index (χ0) is 13.3. The first-order valence-corrected chi connectivity index (χ1v) is 6.97. The summed E-state index contributed by atoms with van der Waals surface area (Å²) >= 11 is 1.77. The molecular weight excluding hydrogens is 238 g/mol. The maximum atomic E-state index is 12.0. The Morgan fingerprint density at radius 2 is 1.88 bits per heavy atom. The van der Waals surface area contributed by atoms with Crippen molar-refractivity contribution in [3.8, 4) is 0 Å². The van der Waals surface area contributed by atoms with Crippen LogP contribution in [-0.4, -0.2) is 34.0 Å². The maximum absolute atomic E-state index is 12.0. The average molecular weight is 259 g/mol. The van der Waals surface area contributed by atoms with E-state index in [0.717, 1.165) is 17.9 Å². The summed E-state index contributed by atoms with van der Waals surface area (Å²) in [5, 5.41) is 12.1. The minimum atomic E-state index is -0.992. The summed E-state index contributed by atoms with van der Waals surface area (Å²) < 4.78 is 0. The third kappa shape index (κ3) is 2.94. The minimum absolute atomic E-state index is 0.0191. The lowest BCUT2D eigenvalue weighted by Gasteiger charge is -2.39. The largest absolute Gasteiger partial charge is 0.481 e. The summed E-state index contributed by atoms with van der Waals surface area (Å²) in [6.45, 7) is 6.81. The first-order chi connectivity index (χ1) is 7.68. The van der Waals surface area contributed by atoms with Gasteiger partial charge in [0.05, 0.1) is 5.41 Å². The summed E-state index contributed by atoms with van der Waals surface area (Å²) in [5.74, 6) is 0.970. The summed E-state index contributed by atoms with van der Waals surface area (Å²) in [6.07, 6.45) is 0.889. The number of hydrogen-bond acceptors (Lipinski definition) is 3. The Morgan fingerprint density at radius 1 is 1.29 bits per heavy atom. The van der Waals surface area contributed by atoms with Crippen molar-refractivity contribution in [2.45, 2.75) is 39.7 Å². The highest BCUT2D eigenvalue weighted by Gasteiger charge is 2.45. The van der Waals surface area contributed by atoms with Gasteiger partial charge in [0.2, 0.25) is 5.91 Å². The fourth-order valence-corrected chi connectivity index (χ4v) is 2.80. The molecule has 5 heteroatoms. The molecule has 1 aliphatic rings. The van der Waals surface area contributed by atoms with Gasteiger partial charge in [0, 0.05) is 17.2 Å². The Morgan fingerprint density at radius 3 is 2.29 bits per heavy atom. The van der Waals surface area contributed by atoms with E-state index < -0.39 is 16.9 Å². The van der Waals surface area contributed by atoms with E-state index in [4.69, 9.17) is 0 Å². The molecule has 1 fully saturated rings. The second-order valence-electron chi connectivity index (χ2n) is 5.60. The van der Waals surface area contributed by atoms with Crippen LogP contribution in [0.5, 0.6) is 0 Å². The SMILES string of the molecule is CC(C)(NC(=O)C1CCSC1)C(C)(C)C(=O)O. The number of nitrogens with one attached hydrogen (secondary N) is 1. The van der Waals surface area contributed by atoms with Gasteiger partial charge in [0.25, 0.3) is 0 Å². The summed E-state index contributed by atoms with van der Waals surface area (Å²) in [7, 11) is 0. The van der Waals surface area contributed by atoms with Crippen molar-refractivity contribution < 1.29 is 14.7 Å². The Hall–Kier alpha value is -0.710. The normalized spacial score (nSPS) is 21.3. The number of carboxylic acids is 1. The number of amides is 1.